The molecule has 0 aliphatic rings. The van der Waals surface area contributed by atoms with Crippen LogP contribution in [0.1, 0.15) is 5.69 Å². The third-order valence-corrected chi connectivity index (χ3v) is 6.52. The molecular weight excluding hydrogens is 542 g/mol. The van der Waals surface area contributed by atoms with Gasteiger partial charge in [-0.25, -0.2) is 14.1 Å². The Bertz CT molecular complexity index is 1580. The van der Waals surface area contributed by atoms with Gasteiger partial charge in [0.2, 0.25) is 5.88 Å². The third-order valence-electron chi connectivity index (χ3n) is 5.08. The van der Waals surface area contributed by atoms with Gasteiger partial charge in [0.15, 0.2) is 11.5 Å². The van der Waals surface area contributed by atoms with E-state index >= 15 is 0 Å². The number of nitrogens with zero attached hydrogens (tertiary/aromatic N) is 4. The van der Waals surface area contributed by atoms with Gasteiger partial charge in [0.25, 0.3) is 0 Å². The van der Waals surface area contributed by atoms with E-state index in [1.807, 2.05) is 0 Å². The molecule has 2 radical (unpaired) electrons. The first-order chi connectivity index (χ1) is 17.1. The van der Waals surface area contributed by atoms with Gasteiger partial charge < -0.3 is 9.63 Å². The van der Waals surface area contributed by atoms with Crippen LogP contribution in [0.5, 0.6) is 5.88 Å². The first-order valence-electron chi connectivity index (χ1n) is 9.87. The Morgan fingerprint density at radius 3 is 2.47 bits per heavy atom. The van der Waals surface area contributed by atoms with Gasteiger partial charge in [-0.2, -0.15) is 18.3 Å². The molecule has 0 aliphatic carbocycles. The molecule has 0 bridgehead atoms. The summed E-state index contributed by atoms with van der Waals surface area (Å²) in [6, 6.07) is 9.50. The van der Waals surface area contributed by atoms with E-state index in [1.165, 1.54) is 36.4 Å². The molecule has 0 fully saturated rings. The molecule has 5 aromatic rings. The van der Waals surface area contributed by atoms with E-state index in [0.29, 0.717) is 4.68 Å². The van der Waals surface area contributed by atoms with Crippen LogP contribution in [0.2, 0.25) is 10.0 Å². The zero-order chi connectivity index (χ0) is 25.8. The summed E-state index contributed by atoms with van der Waals surface area (Å²) in [5, 5.41) is 17.7. The van der Waals surface area contributed by atoms with E-state index in [-0.39, 0.29) is 42.3 Å². The van der Waals surface area contributed by atoms with Crippen LogP contribution in [-0.2, 0) is 6.18 Å². The molecule has 14 heteroatoms. The van der Waals surface area contributed by atoms with Gasteiger partial charge in [0, 0.05) is 9.80 Å². The zero-order valence-electron chi connectivity index (χ0n) is 17.5. The highest BCUT2D eigenvalue weighted by Crippen LogP contribution is 2.47. The molecule has 0 unspecified atom stereocenters. The molecule has 0 aliphatic heterocycles. The lowest BCUT2D eigenvalue weighted by molar-refractivity contribution is -0.142. The maximum atomic E-state index is 14.8. The summed E-state index contributed by atoms with van der Waals surface area (Å²) in [5.41, 5.74) is -2.30. The van der Waals surface area contributed by atoms with Crippen LogP contribution in [0.15, 0.2) is 53.2 Å². The second-order valence-corrected chi connectivity index (χ2v) is 9.21. The van der Waals surface area contributed by atoms with Crippen LogP contribution in [0.4, 0.5) is 17.6 Å². The molecule has 0 atom stereocenters. The molecule has 0 spiro atoms. The Balaban J connectivity index is 1.83. The van der Waals surface area contributed by atoms with Gasteiger partial charge in [-0.15, -0.1) is 11.3 Å². The maximum Gasteiger partial charge on any atom is 0.434 e. The van der Waals surface area contributed by atoms with Crippen molar-refractivity contribution in [3.63, 3.8) is 0 Å². The van der Waals surface area contributed by atoms with E-state index in [1.54, 1.807) is 0 Å². The summed E-state index contributed by atoms with van der Waals surface area (Å²) in [6.07, 6.45) is -3.99. The van der Waals surface area contributed by atoms with Crippen molar-refractivity contribution in [1.29, 1.82) is 0 Å². The third kappa shape index (κ3) is 4.14. The monoisotopic (exact) mass is 550 g/mol. The van der Waals surface area contributed by atoms with Crippen molar-refractivity contribution in [3.05, 3.63) is 70.2 Å². The molecule has 2 aromatic carbocycles. The van der Waals surface area contributed by atoms with Crippen LogP contribution in [0.3, 0.4) is 0 Å². The Kier molecular flexibility index (Phi) is 6.05. The lowest BCUT2D eigenvalue weighted by Crippen LogP contribution is -2.14. The summed E-state index contributed by atoms with van der Waals surface area (Å²) < 4.78 is 63.8. The molecule has 0 amide bonds. The van der Waals surface area contributed by atoms with Crippen LogP contribution in [0, 0.1) is 5.82 Å². The van der Waals surface area contributed by atoms with Gasteiger partial charge in [-0.1, -0.05) is 40.5 Å². The molecule has 0 saturated carbocycles. The minimum Gasteiger partial charge on any atom is -0.493 e. The number of thiazole rings is 1. The number of alkyl halides is 3. The van der Waals surface area contributed by atoms with Crippen molar-refractivity contribution >= 4 is 47.2 Å². The first kappa shape index (κ1) is 24.4. The van der Waals surface area contributed by atoms with Crippen LogP contribution < -0.4 is 4.78 Å². The van der Waals surface area contributed by atoms with E-state index in [0.717, 1.165) is 23.6 Å². The Hall–Kier alpha value is -3.35. The Labute approximate surface area is 215 Å². The number of aromatic hydroxyl groups is 1. The predicted octanol–water partition coefficient (Wildman–Crippen LogP) is 6.28. The molecule has 5 rings (SSSR count). The van der Waals surface area contributed by atoms with Crippen LogP contribution >= 0.6 is 34.5 Å². The van der Waals surface area contributed by atoms with Crippen molar-refractivity contribution in [2.75, 3.05) is 0 Å². The summed E-state index contributed by atoms with van der Waals surface area (Å²) in [7, 11) is 5.72. The number of aromatic nitrogens is 4. The number of halogens is 6. The van der Waals surface area contributed by atoms with Crippen molar-refractivity contribution in [3.8, 4) is 44.7 Å². The van der Waals surface area contributed by atoms with Crippen LogP contribution in [-0.4, -0.2) is 32.9 Å². The topological polar surface area (TPSA) is 77.0 Å². The normalized spacial score (nSPS) is 11.8. The van der Waals surface area contributed by atoms with Gasteiger partial charge in [0.05, 0.1) is 33.6 Å². The number of hydrogen-bond acceptors (Lipinski definition) is 6. The van der Waals surface area contributed by atoms with Crippen molar-refractivity contribution in [2.45, 2.75) is 6.18 Å². The van der Waals surface area contributed by atoms with Gasteiger partial charge in [0.1, 0.15) is 24.4 Å². The minimum absolute atomic E-state index is 0.0376. The number of rotatable bonds is 4. The van der Waals surface area contributed by atoms with Crippen molar-refractivity contribution < 1.29 is 27.2 Å². The second kappa shape index (κ2) is 8.95. The maximum absolute atomic E-state index is 14.8. The Morgan fingerprint density at radius 2 is 1.83 bits per heavy atom. The fraction of sp³-hybridized carbons (Fsp3) is 0.0455. The number of hydrogen-bond donors (Lipinski definition) is 1. The van der Waals surface area contributed by atoms with Gasteiger partial charge >= 0.3 is 6.18 Å². The Morgan fingerprint density at radius 1 is 1.08 bits per heavy atom. The van der Waals surface area contributed by atoms with E-state index in [2.05, 4.69) is 15.2 Å². The number of benzene rings is 2. The predicted molar refractivity (Wildman–Crippen MR) is 128 cm³/mol. The summed E-state index contributed by atoms with van der Waals surface area (Å²) in [4.78, 5) is 3.91. The largest absolute Gasteiger partial charge is 0.493 e. The lowest BCUT2D eigenvalue weighted by Gasteiger charge is -2.12. The molecule has 1 N–H and O–H groups in total. The lowest BCUT2D eigenvalue weighted by atomic mass is 10.0. The quantitative estimate of drug-likeness (QED) is 0.210. The highest BCUT2D eigenvalue weighted by molar-refractivity contribution is 7.23. The van der Waals surface area contributed by atoms with Crippen molar-refractivity contribution in [1.82, 2.24) is 19.9 Å². The van der Waals surface area contributed by atoms with E-state index < -0.39 is 34.9 Å². The van der Waals surface area contributed by atoms with Gasteiger partial charge in [-0.3, -0.25) is 0 Å². The summed E-state index contributed by atoms with van der Waals surface area (Å²) >= 11 is 12.9. The second-order valence-electron chi connectivity index (χ2n) is 7.34. The standard InChI is InChI=1S/C22H9BCl2F4N4O2S/c23-19-20(34)31-21(36-19)15-16(14-12(25)5-2-6-13(14)26)32-35-17(15)11-8-30-33(18(11)22(27,28)29)10-4-1-3-9(24)7-10/h1-8,34H. The first-order valence-corrected chi connectivity index (χ1v) is 11.4. The van der Waals surface area contributed by atoms with E-state index in [9.17, 15) is 22.7 Å². The molecule has 6 nitrogen and oxygen atoms in total. The average Bonchev–Trinajstić information content (AvgIpc) is 3.50. The smallest absolute Gasteiger partial charge is 0.434 e. The molecular formula is C22H9BCl2F4N4O2S. The highest BCUT2D eigenvalue weighted by Gasteiger charge is 2.41. The molecule has 180 valence electrons. The summed E-state index contributed by atoms with van der Waals surface area (Å²) in [6.45, 7) is 0. The van der Waals surface area contributed by atoms with Crippen LogP contribution in [0.25, 0.3) is 38.8 Å². The average molecular weight is 551 g/mol. The van der Waals surface area contributed by atoms with E-state index in [4.69, 9.17) is 35.6 Å². The SMILES string of the molecule is [B]c1sc(-c2c(-c3c(F)cccc3Cl)noc2-c2cnn(-c3cccc(Cl)c3)c2C(F)(F)F)nc1O. The molecule has 3 heterocycles. The van der Waals surface area contributed by atoms with Crippen molar-refractivity contribution in [2.24, 2.45) is 0 Å². The van der Waals surface area contributed by atoms with Gasteiger partial charge in [-0.05, 0) is 30.3 Å². The fourth-order valence-corrected chi connectivity index (χ4v) is 4.79. The molecule has 0 saturated heterocycles. The highest BCUT2D eigenvalue weighted by atomic mass is 35.5. The summed E-state index contributed by atoms with van der Waals surface area (Å²) in [5.74, 6) is -1.79. The molecule has 36 heavy (non-hydrogen) atoms. The zero-order valence-corrected chi connectivity index (χ0v) is 19.8. The minimum atomic E-state index is -4.92. The fourth-order valence-electron chi connectivity index (χ4n) is 3.59. The molecule has 3 aromatic heterocycles.